The van der Waals surface area contributed by atoms with E-state index in [4.69, 9.17) is 4.42 Å². The van der Waals surface area contributed by atoms with Crippen molar-refractivity contribution >= 4 is 22.8 Å². The Morgan fingerprint density at radius 1 is 0.925 bits per heavy atom. The van der Waals surface area contributed by atoms with E-state index in [1.165, 1.54) is 18.4 Å². The van der Waals surface area contributed by atoms with Crippen molar-refractivity contribution in [2.24, 2.45) is 17.3 Å². The van der Waals surface area contributed by atoms with E-state index in [0.717, 1.165) is 18.4 Å². The summed E-state index contributed by atoms with van der Waals surface area (Å²) in [5.41, 5.74) is 1.43. The van der Waals surface area contributed by atoms with E-state index in [9.17, 15) is 18.8 Å². The molecule has 1 atom stereocenters. The molecule has 216 valence electrons. The van der Waals surface area contributed by atoms with Crippen LogP contribution in [0.5, 0.6) is 0 Å². The van der Waals surface area contributed by atoms with E-state index in [0.29, 0.717) is 35.4 Å². The van der Waals surface area contributed by atoms with Gasteiger partial charge in [-0.25, -0.2) is 4.39 Å². The minimum Gasteiger partial charge on any atom is -0.464 e. The molecule has 3 rings (SSSR count). The summed E-state index contributed by atoms with van der Waals surface area (Å²) >= 11 is 0. The first kappa shape index (κ1) is 31.1. The van der Waals surface area contributed by atoms with Crippen LogP contribution in [-0.4, -0.2) is 34.7 Å². The lowest BCUT2D eigenvalue weighted by molar-refractivity contribution is -0.142. The number of benzene rings is 2. The highest BCUT2D eigenvalue weighted by atomic mass is 19.1. The van der Waals surface area contributed by atoms with Gasteiger partial charge in [-0.2, -0.15) is 0 Å². The van der Waals surface area contributed by atoms with Crippen molar-refractivity contribution in [1.82, 2.24) is 9.80 Å². The summed E-state index contributed by atoms with van der Waals surface area (Å²) in [6.45, 7) is 13.3. The van der Waals surface area contributed by atoms with Gasteiger partial charge in [0.15, 0.2) is 5.43 Å². The largest absolute Gasteiger partial charge is 0.464 e. The molecular weight excluding hydrogens is 507 g/mol. The zero-order valence-corrected chi connectivity index (χ0v) is 24.7. The van der Waals surface area contributed by atoms with Crippen molar-refractivity contribution in [3.63, 3.8) is 0 Å². The monoisotopic (exact) mass is 550 g/mol. The highest BCUT2D eigenvalue weighted by molar-refractivity contribution is 5.85. The number of rotatable bonds is 12. The fourth-order valence-corrected chi connectivity index (χ4v) is 4.99. The van der Waals surface area contributed by atoms with Gasteiger partial charge in [0.1, 0.15) is 11.4 Å². The van der Waals surface area contributed by atoms with Crippen molar-refractivity contribution in [3.8, 4) is 0 Å². The number of nitrogens with zero attached hydrogens (tertiary/aromatic N) is 2. The molecule has 0 spiro atoms. The zero-order valence-electron chi connectivity index (χ0n) is 24.7. The molecule has 7 heteroatoms. The predicted molar refractivity (Wildman–Crippen MR) is 157 cm³/mol. The number of para-hydroxylation sites is 1. The van der Waals surface area contributed by atoms with Gasteiger partial charge in [-0.3, -0.25) is 14.4 Å². The lowest BCUT2D eigenvalue weighted by Gasteiger charge is -2.30. The molecule has 0 bridgehead atoms. The van der Waals surface area contributed by atoms with Crippen LogP contribution in [0, 0.1) is 23.1 Å². The van der Waals surface area contributed by atoms with E-state index < -0.39 is 0 Å². The number of carbonyl (C=O) groups is 2. The van der Waals surface area contributed by atoms with Crippen LogP contribution in [0.25, 0.3) is 11.0 Å². The third kappa shape index (κ3) is 9.32. The first-order valence-electron chi connectivity index (χ1n) is 14.1. The number of carbonyl (C=O) groups excluding carboxylic acids is 2. The van der Waals surface area contributed by atoms with Crippen molar-refractivity contribution in [2.75, 3.05) is 13.1 Å². The Labute approximate surface area is 237 Å². The van der Waals surface area contributed by atoms with Crippen LogP contribution in [0.4, 0.5) is 4.39 Å². The molecule has 0 fully saturated rings. The number of hydrogen-bond donors (Lipinski definition) is 0. The van der Waals surface area contributed by atoms with E-state index >= 15 is 0 Å². The first-order chi connectivity index (χ1) is 18.8. The molecule has 0 aliphatic heterocycles. The van der Waals surface area contributed by atoms with Gasteiger partial charge >= 0.3 is 0 Å². The molecule has 3 aromatic rings. The minimum absolute atomic E-state index is 0.00994. The molecule has 0 aliphatic carbocycles. The number of hydrogen-bond acceptors (Lipinski definition) is 4. The van der Waals surface area contributed by atoms with Gasteiger partial charge in [-0.1, -0.05) is 65.8 Å². The fourth-order valence-electron chi connectivity index (χ4n) is 4.99. The standard InChI is InChI=1S/C33H43FN2O4/c1-23(2)15-16-35(30(37)17-24(3)18-33(4,5)6)21-31(38)36(19-25-11-13-27(34)14-12-25)20-26-22-40-29-10-8-7-9-28(29)32(26)39/h7-14,22-24H,15-21H2,1-6H3. The lowest BCUT2D eigenvalue weighted by atomic mass is 9.84. The molecule has 2 aromatic carbocycles. The van der Waals surface area contributed by atoms with E-state index in [1.54, 1.807) is 46.2 Å². The van der Waals surface area contributed by atoms with Gasteiger partial charge in [0.25, 0.3) is 0 Å². The Kier molecular flexibility index (Phi) is 10.7. The van der Waals surface area contributed by atoms with Gasteiger partial charge < -0.3 is 14.2 Å². The molecule has 1 heterocycles. The molecule has 0 saturated heterocycles. The van der Waals surface area contributed by atoms with Gasteiger partial charge in [-0.05, 0) is 59.9 Å². The first-order valence-corrected chi connectivity index (χ1v) is 14.1. The highest BCUT2D eigenvalue weighted by Crippen LogP contribution is 2.26. The lowest BCUT2D eigenvalue weighted by Crippen LogP contribution is -2.44. The topological polar surface area (TPSA) is 70.8 Å². The third-order valence-electron chi connectivity index (χ3n) is 6.89. The van der Waals surface area contributed by atoms with Gasteiger partial charge in [0.05, 0.1) is 30.3 Å². The number of fused-ring (bicyclic) bond motifs is 1. The van der Waals surface area contributed by atoms with E-state index in [1.807, 2.05) is 0 Å². The molecule has 0 radical (unpaired) electrons. The maximum Gasteiger partial charge on any atom is 0.242 e. The summed E-state index contributed by atoms with van der Waals surface area (Å²) in [6, 6.07) is 12.9. The summed E-state index contributed by atoms with van der Waals surface area (Å²) < 4.78 is 19.3. The second-order valence-corrected chi connectivity index (χ2v) is 12.5. The molecule has 1 unspecified atom stereocenters. The maximum atomic E-state index is 13.8. The van der Waals surface area contributed by atoms with Gasteiger partial charge in [0.2, 0.25) is 11.8 Å². The zero-order chi connectivity index (χ0) is 29.4. The molecule has 6 nitrogen and oxygen atoms in total. The van der Waals surface area contributed by atoms with Crippen LogP contribution < -0.4 is 5.43 Å². The third-order valence-corrected chi connectivity index (χ3v) is 6.89. The summed E-state index contributed by atoms with van der Waals surface area (Å²) in [6.07, 6.45) is 3.44. The predicted octanol–water partition coefficient (Wildman–Crippen LogP) is 6.80. The smallest absolute Gasteiger partial charge is 0.242 e. The minimum atomic E-state index is -0.369. The second kappa shape index (κ2) is 13.7. The summed E-state index contributed by atoms with van der Waals surface area (Å²) in [4.78, 5) is 43.6. The van der Waals surface area contributed by atoms with Gasteiger partial charge in [-0.15, -0.1) is 0 Å². The summed E-state index contributed by atoms with van der Waals surface area (Å²) in [7, 11) is 0. The molecule has 40 heavy (non-hydrogen) atoms. The summed E-state index contributed by atoms with van der Waals surface area (Å²) in [5, 5.41) is 0.441. The Balaban J connectivity index is 1.87. The van der Waals surface area contributed by atoms with Crippen LogP contribution in [0.2, 0.25) is 0 Å². The second-order valence-electron chi connectivity index (χ2n) is 12.5. The van der Waals surface area contributed by atoms with Crippen LogP contribution in [0.3, 0.4) is 0 Å². The average molecular weight is 551 g/mol. The number of amides is 2. The molecule has 1 aromatic heterocycles. The van der Waals surface area contributed by atoms with Crippen molar-refractivity contribution in [2.45, 2.75) is 73.9 Å². The van der Waals surface area contributed by atoms with Crippen LogP contribution in [-0.2, 0) is 22.7 Å². The van der Waals surface area contributed by atoms with E-state index in [2.05, 4.69) is 41.5 Å². The fraction of sp³-hybridized carbons (Fsp3) is 0.485. The average Bonchev–Trinajstić information content (AvgIpc) is 2.87. The Morgan fingerprint density at radius 3 is 2.25 bits per heavy atom. The Morgan fingerprint density at radius 2 is 1.60 bits per heavy atom. The number of halogens is 1. The van der Waals surface area contributed by atoms with Crippen LogP contribution in [0.1, 0.15) is 71.9 Å². The van der Waals surface area contributed by atoms with Crippen molar-refractivity contribution in [3.05, 3.63) is 82.0 Å². The van der Waals surface area contributed by atoms with Crippen LogP contribution >= 0.6 is 0 Å². The molecule has 2 amide bonds. The summed E-state index contributed by atoms with van der Waals surface area (Å²) in [5.74, 6) is -0.140. The molecular formula is C33H43FN2O4. The Bertz CT molecular complexity index is 1340. The molecule has 0 aliphatic rings. The van der Waals surface area contributed by atoms with Crippen LogP contribution in [0.15, 0.2) is 64.0 Å². The van der Waals surface area contributed by atoms with Crippen molar-refractivity contribution in [1.29, 1.82) is 0 Å². The normalized spacial score (nSPS) is 12.5. The molecule has 0 N–H and O–H groups in total. The maximum absolute atomic E-state index is 13.8. The Hall–Kier alpha value is -3.48. The highest BCUT2D eigenvalue weighted by Gasteiger charge is 2.25. The SMILES string of the molecule is CC(C)CCN(CC(=O)N(Cc1ccc(F)cc1)Cc1coc2ccccc2c1=O)C(=O)CC(C)CC(C)(C)C. The quantitative estimate of drug-likeness (QED) is 0.249. The van der Waals surface area contributed by atoms with Crippen molar-refractivity contribution < 1.29 is 18.4 Å². The van der Waals surface area contributed by atoms with Gasteiger partial charge in [0, 0.05) is 19.5 Å². The molecule has 0 saturated carbocycles. The van der Waals surface area contributed by atoms with E-state index in [-0.39, 0.29) is 54.0 Å².